The highest BCUT2D eigenvalue weighted by Gasteiger charge is 1.92. The predicted molar refractivity (Wildman–Crippen MR) is 57.2 cm³/mol. The number of rotatable bonds is 0. The van der Waals surface area contributed by atoms with E-state index in [0.29, 0.717) is 0 Å². The van der Waals surface area contributed by atoms with E-state index < -0.39 is 0 Å². The second kappa shape index (κ2) is 4.41. The zero-order valence-electron chi connectivity index (χ0n) is 8.37. The molecule has 0 N–H and O–H groups in total. The highest BCUT2D eigenvalue weighted by molar-refractivity contribution is 5.79. The van der Waals surface area contributed by atoms with Gasteiger partial charge in [-0.2, -0.15) is 0 Å². The van der Waals surface area contributed by atoms with Crippen LogP contribution in [0.4, 0.5) is 0 Å². The van der Waals surface area contributed by atoms with Gasteiger partial charge in [0.25, 0.3) is 0 Å². The summed E-state index contributed by atoms with van der Waals surface area (Å²) < 4.78 is 6.34. The number of nitrogens with zero attached hydrogens (tertiary/aromatic N) is 3. The van der Waals surface area contributed by atoms with Gasteiger partial charge in [-0.15, -0.1) is 5.10 Å². The summed E-state index contributed by atoms with van der Waals surface area (Å²) >= 11 is 0. The first-order chi connectivity index (χ1) is 7.38. The highest BCUT2D eigenvalue weighted by Crippen LogP contribution is 2.12. The molecular weight excluding hydrogens is 190 g/mol. The number of para-hydroxylation sites is 1. The molecule has 0 fully saturated rings. The third-order valence-electron chi connectivity index (χ3n) is 2.08. The third-order valence-corrected chi connectivity index (χ3v) is 2.08. The summed E-state index contributed by atoms with van der Waals surface area (Å²) in [4.78, 5) is 0. The Kier molecular flexibility index (Phi) is 2.78. The number of aromatic nitrogens is 3. The number of hydrogen-bond acceptors (Lipinski definition) is 3. The van der Waals surface area contributed by atoms with Gasteiger partial charge < -0.3 is 9.09 Å². The second-order valence-electron chi connectivity index (χ2n) is 3.07. The molecule has 0 saturated heterocycles. The molecule has 2 heterocycles. The molecule has 0 bridgehead atoms. The molecule has 0 aliphatic carbocycles. The third kappa shape index (κ3) is 2.22. The van der Waals surface area contributed by atoms with Crippen molar-refractivity contribution in [2.45, 2.75) is 0 Å². The van der Waals surface area contributed by atoms with E-state index in [1.54, 1.807) is 0 Å². The summed E-state index contributed by atoms with van der Waals surface area (Å²) in [6.07, 6.45) is 4.95. The summed E-state index contributed by atoms with van der Waals surface area (Å²) in [6.45, 7) is 0. The molecule has 0 saturated carbocycles. The molecule has 1 aromatic carbocycles. The number of hydrogen-bond donors (Lipinski definition) is 0. The Balaban J connectivity index is 0.000000144. The van der Waals surface area contributed by atoms with E-state index in [1.807, 2.05) is 0 Å². The summed E-state index contributed by atoms with van der Waals surface area (Å²) in [5, 5.41) is 7.71. The molecule has 4 heteroatoms. The van der Waals surface area contributed by atoms with Gasteiger partial charge in [-0.05, 0) is 17.5 Å². The minimum atomic E-state index is 1.29. The van der Waals surface area contributed by atoms with Crippen LogP contribution in [0.1, 0.15) is 0 Å². The van der Waals surface area contributed by atoms with Crippen LogP contribution in [0.2, 0.25) is 0 Å². The maximum atomic E-state index is 4.22. The fraction of sp³-hybridized carbons (Fsp3) is 0.0909. The zero-order chi connectivity index (χ0) is 10.5. The molecule has 0 spiro atoms. The van der Waals surface area contributed by atoms with E-state index in [9.17, 15) is 0 Å². The molecule has 0 aliphatic heterocycles. The molecule has 0 unspecified atom stereocenters. The van der Waals surface area contributed by atoms with Gasteiger partial charge in [0.05, 0.1) is 6.20 Å². The van der Waals surface area contributed by atoms with E-state index in [0.717, 1.165) is 0 Å². The monoisotopic (exact) mass is 201 g/mol. The summed E-state index contributed by atoms with van der Waals surface area (Å²) in [5.41, 5.74) is 1.29. The first-order valence-electron chi connectivity index (χ1n) is 4.59. The maximum Gasteiger partial charge on any atom is 0.144 e. The maximum absolute atomic E-state index is 4.22. The molecule has 0 amide bonds. The van der Waals surface area contributed by atoms with Crippen LogP contribution < -0.4 is 0 Å². The van der Waals surface area contributed by atoms with Crippen LogP contribution in [0, 0.1) is 0 Å². The summed E-state index contributed by atoms with van der Waals surface area (Å²) in [5.74, 6) is 0. The van der Waals surface area contributed by atoms with Crippen LogP contribution in [-0.2, 0) is 7.05 Å². The van der Waals surface area contributed by atoms with Crippen LogP contribution in [0.5, 0.6) is 0 Å². The fourth-order valence-corrected chi connectivity index (χ4v) is 1.36. The first kappa shape index (κ1) is 9.45. The van der Waals surface area contributed by atoms with Crippen LogP contribution >= 0.6 is 0 Å². The quantitative estimate of drug-likeness (QED) is 0.560. The van der Waals surface area contributed by atoms with Gasteiger partial charge in [0.15, 0.2) is 0 Å². The van der Waals surface area contributed by atoms with Gasteiger partial charge in [-0.3, -0.25) is 0 Å². The molecule has 15 heavy (non-hydrogen) atoms. The molecular formula is C11H11N3O. The van der Waals surface area contributed by atoms with E-state index in [2.05, 4.69) is 63.0 Å². The van der Waals surface area contributed by atoms with E-state index in [-0.39, 0.29) is 0 Å². The van der Waals surface area contributed by atoms with Crippen molar-refractivity contribution in [3.63, 3.8) is 0 Å². The molecule has 4 nitrogen and oxygen atoms in total. The van der Waals surface area contributed by atoms with Crippen molar-refractivity contribution in [3.8, 4) is 0 Å². The lowest BCUT2D eigenvalue weighted by Crippen LogP contribution is -1.81. The Labute approximate surface area is 87.1 Å². The highest BCUT2D eigenvalue weighted by atomic mass is 16.5. The van der Waals surface area contributed by atoms with Gasteiger partial charge in [-0.1, -0.05) is 18.2 Å². The van der Waals surface area contributed by atoms with Gasteiger partial charge >= 0.3 is 0 Å². The molecule has 0 radical (unpaired) electrons. The standard InChI is InChI=1S/C9H9N.C2H2N2O/c1-10-7-6-8-4-2-3-5-9(8)10;1-2-5-4-3-1/h2-7H,1H3;1-2H. The van der Waals surface area contributed by atoms with Crippen LogP contribution in [0.3, 0.4) is 0 Å². The van der Waals surface area contributed by atoms with Crippen LogP contribution in [0.15, 0.2) is 53.5 Å². The van der Waals surface area contributed by atoms with Gasteiger partial charge in [-0.25, -0.2) is 0 Å². The van der Waals surface area contributed by atoms with Crippen molar-refractivity contribution in [1.82, 2.24) is 14.9 Å². The second-order valence-corrected chi connectivity index (χ2v) is 3.07. The average molecular weight is 201 g/mol. The molecule has 2 aromatic heterocycles. The van der Waals surface area contributed by atoms with Crippen LogP contribution in [-0.4, -0.2) is 14.9 Å². The van der Waals surface area contributed by atoms with E-state index in [4.69, 9.17) is 0 Å². The minimum Gasteiger partial charge on any atom is -0.351 e. The van der Waals surface area contributed by atoms with Gasteiger partial charge in [0.2, 0.25) is 0 Å². The van der Waals surface area contributed by atoms with Crippen molar-refractivity contribution in [2.75, 3.05) is 0 Å². The number of benzene rings is 1. The largest absolute Gasteiger partial charge is 0.351 e. The topological polar surface area (TPSA) is 43.9 Å². The molecule has 76 valence electrons. The van der Waals surface area contributed by atoms with Crippen molar-refractivity contribution >= 4 is 10.9 Å². The van der Waals surface area contributed by atoms with Crippen LogP contribution in [0.25, 0.3) is 10.9 Å². The normalized spacial score (nSPS) is 9.67. The molecule has 0 atom stereocenters. The Morgan fingerprint density at radius 3 is 2.67 bits per heavy atom. The Hall–Kier alpha value is -2.10. The zero-order valence-corrected chi connectivity index (χ0v) is 8.37. The van der Waals surface area contributed by atoms with Gasteiger partial charge in [0, 0.05) is 24.0 Å². The summed E-state index contributed by atoms with van der Waals surface area (Å²) in [7, 11) is 2.06. The lowest BCUT2D eigenvalue weighted by atomic mass is 10.2. The van der Waals surface area contributed by atoms with Crippen molar-refractivity contribution in [3.05, 3.63) is 49.0 Å². The number of aryl methyl sites for hydroxylation is 1. The van der Waals surface area contributed by atoms with E-state index >= 15 is 0 Å². The van der Waals surface area contributed by atoms with Crippen molar-refractivity contribution < 1.29 is 4.52 Å². The van der Waals surface area contributed by atoms with Gasteiger partial charge in [0.1, 0.15) is 6.26 Å². The van der Waals surface area contributed by atoms with Crippen molar-refractivity contribution in [2.24, 2.45) is 7.05 Å². The molecule has 0 aliphatic rings. The predicted octanol–water partition coefficient (Wildman–Crippen LogP) is 2.25. The lowest BCUT2D eigenvalue weighted by molar-refractivity contribution is 0.393. The Bertz CT molecular complexity index is 496. The molecule has 3 rings (SSSR count). The fourth-order valence-electron chi connectivity index (χ4n) is 1.36. The first-order valence-corrected chi connectivity index (χ1v) is 4.59. The SMILES string of the molecule is Cn1ccc2ccccc21.c1conn1. The minimum absolute atomic E-state index is 1.29. The Morgan fingerprint density at radius 2 is 2.07 bits per heavy atom. The number of fused-ring (bicyclic) bond motifs is 1. The average Bonchev–Trinajstić information content (AvgIpc) is 2.92. The summed E-state index contributed by atoms with van der Waals surface area (Å²) in [6, 6.07) is 10.5. The Morgan fingerprint density at radius 1 is 1.20 bits per heavy atom. The smallest absolute Gasteiger partial charge is 0.144 e. The van der Waals surface area contributed by atoms with E-state index in [1.165, 1.54) is 23.4 Å². The van der Waals surface area contributed by atoms with Crippen molar-refractivity contribution in [1.29, 1.82) is 0 Å². The molecule has 3 aromatic rings. The lowest BCUT2D eigenvalue weighted by Gasteiger charge is -1.92.